The first-order valence-corrected chi connectivity index (χ1v) is 5.34. The summed E-state index contributed by atoms with van der Waals surface area (Å²) in [7, 11) is 0. The summed E-state index contributed by atoms with van der Waals surface area (Å²) in [6.07, 6.45) is 0. The smallest absolute Gasteiger partial charge is 0.772 e. The molecule has 0 fully saturated rings. The van der Waals surface area contributed by atoms with Gasteiger partial charge in [-0.05, 0) is 0 Å². The second-order valence-corrected chi connectivity index (χ2v) is 5.91. The van der Waals surface area contributed by atoms with Gasteiger partial charge < -0.3 is 4.55 Å². The van der Waals surface area contributed by atoms with Crippen LogP contribution < -0.4 is 18.9 Å². The minimum Gasteiger partial charge on any atom is -0.772 e. The molecule has 0 aromatic heterocycles. The van der Waals surface area contributed by atoms with Crippen molar-refractivity contribution in [3.8, 4) is 0 Å². The van der Waals surface area contributed by atoms with E-state index in [0.717, 1.165) is 0 Å². The zero-order chi connectivity index (χ0) is 8.20. The van der Waals surface area contributed by atoms with Crippen molar-refractivity contribution in [1.82, 2.24) is 0 Å². The molecule has 1 atom stereocenters. The van der Waals surface area contributed by atoms with Crippen LogP contribution in [-0.2, 0) is 11.1 Å². The molecule has 0 spiro atoms. The van der Waals surface area contributed by atoms with Crippen molar-refractivity contribution < 1.29 is 27.6 Å². The van der Waals surface area contributed by atoms with E-state index in [1.807, 2.05) is 0 Å². The van der Waals surface area contributed by atoms with Crippen LogP contribution in [0.2, 0.25) is 0 Å². The van der Waals surface area contributed by atoms with E-state index in [1.165, 1.54) is 0 Å². The van der Waals surface area contributed by atoms with Gasteiger partial charge in [0.1, 0.15) is 0 Å². The average molecular weight is 188 g/mol. The fraction of sp³-hybridized carbons (Fsp3) is 1.00. The van der Waals surface area contributed by atoms with E-state index in [1.54, 1.807) is 11.8 Å². The summed E-state index contributed by atoms with van der Waals surface area (Å²) in [4.78, 5) is 0. The predicted octanol–water partition coefficient (Wildman–Crippen LogP) is -1.60. The van der Waals surface area contributed by atoms with Crippen LogP contribution >= 0.6 is 11.8 Å². The molecule has 11 heavy (non-hydrogen) atoms. The molecule has 0 amide bonds. The van der Waals surface area contributed by atoms with E-state index in [0.29, 0.717) is 5.75 Å². The number of rotatable bonds is 3. The maximum atomic E-state index is 10.1. The van der Waals surface area contributed by atoms with Crippen molar-refractivity contribution in [3.05, 3.63) is 0 Å². The Balaban J connectivity index is 0. The summed E-state index contributed by atoms with van der Waals surface area (Å²) < 4.78 is 20.3. The van der Waals surface area contributed by atoms with Crippen LogP contribution in [0.4, 0.5) is 0 Å². The fourth-order valence-electron chi connectivity index (χ4n) is 0.416. The SMILES string of the molecule is CC(C)(C)SCCS(=O)[O-].[Li+]. The first kappa shape index (κ1) is 14.6. The van der Waals surface area contributed by atoms with Crippen molar-refractivity contribution >= 4 is 22.8 Å². The molecule has 5 heteroatoms. The third-order valence-corrected chi connectivity index (χ3v) is 2.86. The molecule has 0 aliphatic carbocycles. The Morgan fingerprint density at radius 2 is 1.91 bits per heavy atom. The van der Waals surface area contributed by atoms with E-state index >= 15 is 0 Å². The average Bonchev–Trinajstić information content (AvgIpc) is 1.59. The van der Waals surface area contributed by atoms with Gasteiger partial charge in [-0.25, -0.2) is 0 Å². The van der Waals surface area contributed by atoms with E-state index in [9.17, 15) is 8.76 Å². The summed E-state index contributed by atoms with van der Waals surface area (Å²) in [5.41, 5.74) is 0. The second-order valence-electron chi connectivity index (χ2n) is 2.97. The van der Waals surface area contributed by atoms with Gasteiger partial charge in [-0.1, -0.05) is 31.9 Å². The molecular weight excluding hydrogens is 175 g/mol. The largest absolute Gasteiger partial charge is 1.00 e. The first-order valence-electron chi connectivity index (χ1n) is 3.11. The topological polar surface area (TPSA) is 40.1 Å². The second kappa shape index (κ2) is 6.56. The molecule has 0 aliphatic rings. The molecule has 1 unspecified atom stereocenters. The summed E-state index contributed by atoms with van der Waals surface area (Å²) in [6.45, 7) is 6.22. The monoisotopic (exact) mass is 188 g/mol. The third kappa shape index (κ3) is 14.0. The van der Waals surface area contributed by atoms with E-state index < -0.39 is 11.1 Å². The Hall–Kier alpha value is 1.06. The number of hydrogen-bond donors (Lipinski definition) is 0. The minimum absolute atomic E-state index is 0. The fourth-order valence-corrected chi connectivity index (χ4v) is 1.91. The number of hydrogen-bond acceptors (Lipinski definition) is 3. The van der Waals surface area contributed by atoms with Crippen LogP contribution in [0.5, 0.6) is 0 Å². The normalized spacial score (nSPS) is 13.8. The summed E-state index contributed by atoms with van der Waals surface area (Å²) in [5, 5.41) is 0. The Kier molecular flexibility index (Phi) is 8.69. The van der Waals surface area contributed by atoms with Gasteiger partial charge >= 0.3 is 18.9 Å². The van der Waals surface area contributed by atoms with Crippen LogP contribution in [0.3, 0.4) is 0 Å². The van der Waals surface area contributed by atoms with Crippen LogP contribution in [0, 0.1) is 0 Å². The van der Waals surface area contributed by atoms with Gasteiger partial charge in [-0.15, -0.1) is 0 Å². The Morgan fingerprint density at radius 3 is 2.18 bits per heavy atom. The van der Waals surface area contributed by atoms with E-state index in [2.05, 4.69) is 20.8 Å². The Bertz CT molecular complexity index is 122. The molecule has 0 saturated heterocycles. The van der Waals surface area contributed by atoms with E-state index in [-0.39, 0.29) is 29.4 Å². The van der Waals surface area contributed by atoms with Crippen molar-refractivity contribution in [2.24, 2.45) is 0 Å². The minimum atomic E-state index is -1.87. The zero-order valence-corrected chi connectivity index (χ0v) is 9.18. The first-order chi connectivity index (χ1) is 4.42. The zero-order valence-electron chi connectivity index (χ0n) is 7.55. The molecule has 0 N–H and O–H groups in total. The quantitative estimate of drug-likeness (QED) is 0.396. The molecule has 0 heterocycles. The molecule has 0 rings (SSSR count). The van der Waals surface area contributed by atoms with E-state index in [4.69, 9.17) is 0 Å². The summed E-state index contributed by atoms with van der Waals surface area (Å²) in [6, 6.07) is 0. The molecule has 0 saturated carbocycles. The molecule has 0 bridgehead atoms. The van der Waals surface area contributed by atoms with Crippen molar-refractivity contribution in [2.45, 2.75) is 25.5 Å². The van der Waals surface area contributed by atoms with Gasteiger partial charge in [-0.2, -0.15) is 11.8 Å². The van der Waals surface area contributed by atoms with Crippen molar-refractivity contribution in [3.63, 3.8) is 0 Å². The van der Waals surface area contributed by atoms with Gasteiger partial charge in [0.15, 0.2) is 0 Å². The predicted molar refractivity (Wildman–Crippen MR) is 46.0 cm³/mol. The number of thioether (sulfide) groups is 1. The van der Waals surface area contributed by atoms with Gasteiger partial charge in [0.25, 0.3) is 0 Å². The molecule has 2 nitrogen and oxygen atoms in total. The molecule has 0 aromatic rings. The maximum absolute atomic E-state index is 10.1. The van der Waals surface area contributed by atoms with Gasteiger partial charge in [0, 0.05) is 16.3 Å². The summed E-state index contributed by atoms with van der Waals surface area (Å²) in [5.74, 6) is 0.960. The maximum Gasteiger partial charge on any atom is 1.00 e. The van der Waals surface area contributed by atoms with Crippen molar-refractivity contribution in [2.75, 3.05) is 11.5 Å². The standard InChI is InChI=1S/C6H14O2S2.Li/c1-6(2,3)9-4-5-10(7)8;/h4-5H2,1-3H3,(H,7,8);/q;+1/p-1. The van der Waals surface area contributed by atoms with Crippen LogP contribution in [0.15, 0.2) is 0 Å². The molecule has 0 radical (unpaired) electrons. The molecular formula is C6H13LiO2S2. The molecule has 0 aliphatic heterocycles. The Morgan fingerprint density at radius 1 is 1.45 bits per heavy atom. The van der Waals surface area contributed by atoms with Crippen LogP contribution in [0.25, 0.3) is 0 Å². The third-order valence-electron chi connectivity index (χ3n) is 0.785. The Labute approximate surface area is 87.4 Å². The summed E-state index contributed by atoms with van der Waals surface area (Å²) >= 11 is -0.202. The van der Waals surface area contributed by atoms with Gasteiger partial charge in [0.2, 0.25) is 0 Å². The van der Waals surface area contributed by atoms with Crippen molar-refractivity contribution in [1.29, 1.82) is 0 Å². The van der Waals surface area contributed by atoms with Gasteiger partial charge in [-0.3, -0.25) is 4.21 Å². The van der Waals surface area contributed by atoms with Crippen LogP contribution in [-0.4, -0.2) is 25.0 Å². The molecule has 62 valence electrons. The molecule has 0 aromatic carbocycles. The van der Waals surface area contributed by atoms with Gasteiger partial charge in [0.05, 0.1) is 0 Å². The van der Waals surface area contributed by atoms with Crippen LogP contribution in [0.1, 0.15) is 20.8 Å².